The Balaban J connectivity index is 2.59. The number of nitriles is 1. The first-order valence-corrected chi connectivity index (χ1v) is 6.84. The number of rotatable bonds is 2. The van der Waals surface area contributed by atoms with Gasteiger partial charge >= 0.3 is 0 Å². The van der Waals surface area contributed by atoms with Crippen molar-refractivity contribution in [1.29, 1.82) is 5.26 Å². The molecule has 0 N–H and O–H groups in total. The highest BCUT2D eigenvalue weighted by molar-refractivity contribution is 6.44. The molecule has 0 aliphatic carbocycles. The van der Waals surface area contributed by atoms with Crippen LogP contribution >= 0.6 is 46.4 Å². The first-order valence-electron chi connectivity index (χ1n) is 5.32. The molecule has 0 heterocycles. The fourth-order valence-electron chi connectivity index (χ4n) is 1.74. The van der Waals surface area contributed by atoms with Gasteiger partial charge in [0.15, 0.2) is 0 Å². The predicted octanol–water partition coefficient (Wildman–Crippen LogP) is 6.03. The van der Waals surface area contributed by atoms with Crippen molar-refractivity contribution in [3.8, 4) is 17.2 Å². The maximum atomic E-state index is 8.75. The van der Waals surface area contributed by atoms with Crippen LogP contribution in [0.15, 0.2) is 30.3 Å². The third kappa shape index (κ3) is 3.35. The average Bonchev–Trinajstić information content (AvgIpc) is 2.33. The Morgan fingerprint density at radius 1 is 0.842 bits per heavy atom. The molecule has 0 atom stereocenters. The highest BCUT2D eigenvalue weighted by Gasteiger charge is 2.10. The molecule has 0 saturated carbocycles. The zero-order valence-corrected chi connectivity index (χ0v) is 12.6. The largest absolute Gasteiger partial charge is 0.198 e. The zero-order valence-electron chi connectivity index (χ0n) is 9.55. The van der Waals surface area contributed by atoms with Gasteiger partial charge in [-0.05, 0) is 41.5 Å². The minimum absolute atomic E-state index is 0.284. The molecular formula is C14H7Cl4N. The lowest BCUT2D eigenvalue weighted by Crippen LogP contribution is -1.86. The van der Waals surface area contributed by atoms with E-state index in [-0.39, 0.29) is 6.42 Å². The van der Waals surface area contributed by atoms with E-state index >= 15 is 0 Å². The van der Waals surface area contributed by atoms with Gasteiger partial charge in [0.25, 0.3) is 0 Å². The summed E-state index contributed by atoms with van der Waals surface area (Å²) in [6.07, 6.45) is 0.284. The van der Waals surface area contributed by atoms with Crippen molar-refractivity contribution in [1.82, 2.24) is 0 Å². The summed E-state index contributed by atoms with van der Waals surface area (Å²) in [5, 5.41) is 10.6. The van der Waals surface area contributed by atoms with Gasteiger partial charge in [-0.2, -0.15) is 5.26 Å². The second-order valence-electron chi connectivity index (χ2n) is 3.93. The minimum atomic E-state index is 0.284. The zero-order chi connectivity index (χ0) is 14.0. The fraction of sp³-hybridized carbons (Fsp3) is 0.0714. The van der Waals surface area contributed by atoms with Crippen molar-refractivity contribution in [2.45, 2.75) is 6.42 Å². The van der Waals surface area contributed by atoms with Crippen LogP contribution in [0, 0.1) is 11.3 Å². The van der Waals surface area contributed by atoms with Gasteiger partial charge in [0.1, 0.15) is 0 Å². The summed E-state index contributed by atoms with van der Waals surface area (Å²) in [6.45, 7) is 0. The summed E-state index contributed by atoms with van der Waals surface area (Å²) in [7, 11) is 0. The van der Waals surface area contributed by atoms with Gasteiger partial charge < -0.3 is 0 Å². The van der Waals surface area contributed by atoms with E-state index < -0.39 is 0 Å². The van der Waals surface area contributed by atoms with Crippen LogP contribution in [-0.4, -0.2) is 0 Å². The summed E-state index contributed by atoms with van der Waals surface area (Å²) in [6, 6.07) is 10.7. The molecule has 0 saturated heterocycles. The number of benzene rings is 2. The van der Waals surface area contributed by atoms with E-state index in [1.165, 1.54) is 0 Å². The third-order valence-electron chi connectivity index (χ3n) is 2.56. The molecule has 0 radical (unpaired) electrons. The normalized spacial score (nSPS) is 10.3. The van der Waals surface area contributed by atoms with Crippen molar-refractivity contribution in [2.24, 2.45) is 0 Å². The molecule has 0 bridgehead atoms. The lowest BCUT2D eigenvalue weighted by Gasteiger charge is -2.09. The van der Waals surface area contributed by atoms with Crippen LogP contribution < -0.4 is 0 Å². The summed E-state index contributed by atoms with van der Waals surface area (Å²) >= 11 is 24.1. The maximum Gasteiger partial charge on any atom is 0.0669 e. The van der Waals surface area contributed by atoms with Crippen LogP contribution in [0.4, 0.5) is 0 Å². The van der Waals surface area contributed by atoms with Gasteiger partial charge in [-0.25, -0.2) is 0 Å². The molecule has 0 aliphatic heterocycles. The Labute approximate surface area is 131 Å². The molecule has 0 aromatic heterocycles. The van der Waals surface area contributed by atoms with Crippen molar-refractivity contribution < 1.29 is 0 Å². The highest BCUT2D eigenvalue weighted by atomic mass is 35.5. The van der Waals surface area contributed by atoms with Crippen LogP contribution in [0.2, 0.25) is 20.1 Å². The second-order valence-corrected chi connectivity index (χ2v) is 5.59. The van der Waals surface area contributed by atoms with E-state index in [4.69, 9.17) is 51.7 Å². The Kier molecular flexibility index (Phi) is 4.60. The van der Waals surface area contributed by atoms with Crippen LogP contribution in [0.25, 0.3) is 11.1 Å². The van der Waals surface area contributed by atoms with E-state index in [0.717, 1.165) is 16.7 Å². The molecule has 2 aromatic rings. The lowest BCUT2D eigenvalue weighted by atomic mass is 10.0. The van der Waals surface area contributed by atoms with Gasteiger partial charge in [0, 0.05) is 15.6 Å². The summed E-state index contributed by atoms with van der Waals surface area (Å²) in [5.74, 6) is 0. The third-order valence-corrected chi connectivity index (χ3v) is 3.81. The number of halogens is 4. The molecule has 2 rings (SSSR count). The van der Waals surface area contributed by atoms with E-state index in [2.05, 4.69) is 6.07 Å². The summed E-state index contributed by atoms with van der Waals surface area (Å²) in [5.41, 5.74) is 2.37. The summed E-state index contributed by atoms with van der Waals surface area (Å²) in [4.78, 5) is 0. The van der Waals surface area contributed by atoms with Crippen molar-refractivity contribution >= 4 is 46.4 Å². The molecule has 0 spiro atoms. The van der Waals surface area contributed by atoms with Gasteiger partial charge in [-0.1, -0.05) is 46.4 Å². The highest BCUT2D eigenvalue weighted by Crippen LogP contribution is 2.36. The smallest absolute Gasteiger partial charge is 0.0669 e. The molecule has 2 aromatic carbocycles. The fourth-order valence-corrected chi connectivity index (χ4v) is 2.66. The lowest BCUT2D eigenvalue weighted by molar-refractivity contribution is 1.26. The van der Waals surface area contributed by atoms with Gasteiger partial charge in [-0.3, -0.25) is 0 Å². The van der Waals surface area contributed by atoms with Gasteiger partial charge in [0.2, 0.25) is 0 Å². The van der Waals surface area contributed by atoms with E-state index in [1.807, 2.05) is 6.07 Å². The van der Waals surface area contributed by atoms with Crippen molar-refractivity contribution in [3.05, 3.63) is 56.0 Å². The Morgan fingerprint density at radius 2 is 1.53 bits per heavy atom. The van der Waals surface area contributed by atoms with Gasteiger partial charge in [0.05, 0.1) is 22.5 Å². The predicted molar refractivity (Wildman–Crippen MR) is 81.2 cm³/mol. The minimum Gasteiger partial charge on any atom is -0.198 e. The topological polar surface area (TPSA) is 23.8 Å². The van der Waals surface area contributed by atoms with E-state index in [1.54, 1.807) is 24.3 Å². The maximum absolute atomic E-state index is 8.75. The first-order chi connectivity index (χ1) is 9.01. The summed E-state index contributed by atoms with van der Waals surface area (Å²) < 4.78 is 0. The number of nitrogens with zero attached hydrogens (tertiary/aromatic N) is 1. The monoisotopic (exact) mass is 329 g/mol. The van der Waals surface area contributed by atoms with E-state index in [9.17, 15) is 0 Å². The molecule has 0 aliphatic rings. The molecule has 0 amide bonds. The molecule has 0 unspecified atom stereocenters. The van der Waals surface area contributed by atoms with Crippen LogP contribution in [0.5, 0.6) is 0 Å². The first kappa shape index (κ1) is 14.5. The van der Waals surface area contributed by atoms with Crippen LogP contribution in [0.1, 0.15) is 5.56 Å². The number of hydrogen-bond donors (Lipinski definition) is 0. The SMILES string of the molecule is N#CCc1cc(Cl)cc(-c2cc(Cl)c(Cl)cc2Cl)c1. The standard InChI is InChI=1S/C14H7Cl4N/c15-10-4-8(1-2-19)3-9(5-10)11-6-13(17)14(18)7-12(11)16/h3-7H,1H2. The molecular weight excluding hydrogens is 324 g/mol. The van der Waals surface area contributed by atoms with Gasteiger partial charge in [-0.15, -0.1) is 0 Å². The molecule has 5 heteroatoms. The van der Waals surface area contributed by atoms with Crippen LogP contribution in [0.3, 0.4) is 0 Å². The van der Waals surface area contributed by atoms with Crippen molar-refractivity contribution in [3.63, 3.8) is 0 Å². The number of hydrogen-bond acceptors (Lipinski definition) is 1. The second kappa shape index (κ2) is 6.03. The Hall–Kier alpha value is -0.910. The Morgan fingerprint density at radius 3 is 2.21 bits per heavy atom. The molecule has 96 valence electrons. The average molecular weight is 331 g/mol. The quantitative estimate of drug-likeness (QED) is 0.616. The Bertz CT molecular complexity index is 674. The van der Waals surface area contributed by atoms with Crippen molar-refractivity contribution in [2.75, 3.05) is 0 Å². The van der Waals surface area contributed by atoms with Crippen LogP contribution in [-0.2, 0) is 6.42 Å². The molecule has 1 nitrogen and oxygen atoms in total. The molecule has 19 heavy (non-hydrogen) atoms. The van der Waals surface area contributed by atoms with E-state index in [0.29, 0.717) is 20.1 Å². The molecule has 0 fully saturated rings.